The molecule has 1 atom stereocenters. The van der Waals surface area contributed by atoms with Crippen molar-refractivity contribution in [2.45, 2.75) is 39.8 Å². The Hall–Kier alpha value is -0.900. The van der Waals surface area contributed by atoms with Gasteiger partial charge in [-0.1, -0.05) is 13.8 Å². The average molecular weight is 196 g/mol. The van der Waals surface area contributed by atoms with Gasteiger partial charge in [-0.25, -0.2) is 9.67 Å². The van der Waals surface area contributed by atoms with E-state index in [-0.39, 0.29) is 0 Å². The monoisotopic (exact) mass is 196 g/mol. The lowest BCUT2D eigenvalue weighted by Gasteiger charge is -2.12. The Morgan fingerprint density at radius 1 is 1.43 bits per heavy atom. The van der Waals surface area contributed by atoms with Gasteiger partial charge < -0.3 is 5.32 Å². The highest BCUT2D eigenvalue weighted by atomic mass is 15.3. The summed E-state index contributed by atoms with van der Waals surface area (Å²) in [5, 5.41) is 7.42. The molecule has 14 heavy (non-hydrogen) atoms. The summed E-state index contributed by atoms with van der Waals surface area (Å²) in [5.74, 6) is 1.68. The number of hydrogen-bond acceptors (Lipinski definition) is 3. The molecule has 1 heterocycles. The van der Waals surface area contributed by atoms with E-state index in [1.165, 1.54) is 0 Å². The van der Waals surface area contributed by atoms with Crippen LogP contribution in [0.15, 0.2) is 6.33 Å². The molecule has 1 aromatic heterocycles. The molecule has 0 bridgehead atoms. The van der Waals surface area contributed by atoms with Gasteiger partial charge in [-0.15, -0.1) is 0 Å². The Labute approximate surface area is 85.7 Å². The van der Waals surface area contributed by atoms with Gasteiger partial charge in [0.1, 0.15) is 12.2 Å². The first-order chi connectivity index (χ1) is 6.63. The van der Waals surface area contributed by atoms with Gasteiger partial charge in [0, 0.05) is 19.0 Å². The van der Waals surface area contributed by atoms with Crippen LogP contribution >= 0.6 is 0 Å². The molecule has 0 aliphatic rings. The van der Waals surface area contributed by atoms with Crippen molar-refractivity contribution >= 4 is 0 Å². The van der Waals surface area contributed by atoms with Crippen LogP contribution in [0.2, 0.25) is 0 Å². The van der Waals surface area contributed by atoms with Gasteiger partial charge in [0.2, 0.25) is 0 Å². The maximum atomic E-state index is 4.27. The van der Waals surface area contributed by atoms with E-state index in [2.05, 4.69) is 36.2 Å². The molecule has 4 nitrogen and oxygen atoms in total. The van der Waals surface area contributed by atoms with Crippen molar-refractivity contribution in [3.8, 4) is 0 Å². The fourth-order valence-electron chi connectivity index (χ4n) is 1.32. The highest BCUT2D eigenvalue weighted by molar-refractivity contribution is 4.88. The summed E-state index contributed by atoms with van der Waals surface area (Å²) in [4.78, 5) is 4.27. The molecular formula is C10H20N4. The molecule has 4 heteroatoms. The zero-order chi connectivity index (χ0) is 10.6. The predicted octanol–water partition coefficient (Wildman–Crippen LogP) is 1.08. The molecule has 1 aromatic rings. The molecule has 0 aliphatic heterocycles. The summed E-state index contributed by atoms with van der Waals surface area (Å²) >= 11 is 0. The minimum atomic E-state index is 0.449. The van der Waals surface area contributed by atoms with E-state index in [0.29, 0.717) is 12.0 Å². The molecule has 1 N–H and O–H groups in total. The van der Waals surface area contributed by atoms with Crippen molar-refractivity contribution in [1.29, 1.82) is 0 Å². The Balaban J connectivity index is 2.62. The molecule has 0 fully saturated rings. The van der Waals surface area contributed by atoms with E-state index >= 15 is 0 Å². The predicted molar refractivity (Wildman–Crippen MR) is 57.1 cm³/mol. The van der Waals surface area contributed by atoms with Crippen molar-refractivity contribution in [2.75, 3.05) is 7.05 Å². The quantitative estimate of drug-likeness (QED) is 0.766. The summed E-state index contributed by atoms with van der Waals surface area (Å²) in [5.41, 5.74) is 0. The fourth-order valence-corrected chi connectivity index (χ4v) is 1.32. The Bertz CT molecular complexity index is 267. The smallest absolute Gasteiger partial charge is 0.138 e. The lowest BCUT2D eigenvalue weighted by molar-refractivity contribution is 0.454. The summed E-state index contributed by atoms with van der Waals surface area (Å²) in [7, 11) is 1.97. The third kappa shape index (κ3) is 3.10. The van der Waals surface area contributed by atoms with Crippen molar-refractivity contribution in [3.05, 3.63) is 12.2 Å². The normalized spacial score (nSPS) is 13.5. The SMILES string of the molecule is CNC(C)Cc1ncnn1CC(C)C. The van der Waals surface area contributed by atoms with E-state index in [9.17, 15) is 0 Å². The summed E-state index contributed by atoms with van der Waals surface area (Å²) in [6.45, 7) is 7.47. The van der Waals surface area contributed by atoms with Crippen LogP contribution in [0.5, 0.6) is 0 Å². The van der Waals surface area contributed by atoms with Crippen molar-refractivity contribution in [3.63, 3.8) is 0 Å². The maximum absolute atomic E-state index is 4.27. The standard InChI is InChI=1S/C10H20N4/c1-8(2)6-14-10(12-7-13-14)5-9(3)11-4/h7-9,11H,5-6H2,1-4H3. The van der Waals surface area contributed by atoms with Crippen LogP contribution in [-0.4, -0.2) is 27.9 Å². The lowest BCUT2D eigenvalue weighted by atomic mass is 10.2. The molecule has 0 spiro atoms. The highest BCUT2D eigenvalue weighted by Crippen LogP contribution is 2.03. The molecule has 0 saturated carbocycles. The van der Waals surface area contributed by atoms with E-state index in [0.717, 1.165) is 18.8 Å². The van der Waals surface area contributed by atoms with E-state index in [1.807, 2.05) is 11.7 Å². The van der Waals surface area contributed by atoms with Crippen LogP contribution in [0.1, 0.15) is 26.6 Å². The average Bonchev–Trinajstić information content (AvgIpc) is 2.52. The van der Waals surface area contributed by atoms with Gasteiger partial charge in [0.05, 0.1) is 0 Å². The van der Waals surface area contributed by atoms with Crippen molar-refractivity contribution in [2.24, 2.45) is 5.92 Å². The third-order valence-electron chi connectivity index (χ3n) is 2.22. The second-order valence-electron chi connectivity index (χ2n) is 4.15. The van der Waals surface area contributed by atoms with Gasteiger partial charge in [-0.2, -0.15) is 5.10 Å². The second-order valence-corrected chi connectivity index (χ2v) is 4.15. The van der Waals surface area contributed by atoms with E-state index in [1.54, 1.807) is 6.33 Å². The van der Waals surface area contributed by atoms with Crippen LogP contribution in [-0.2, 0) is 13.0 Å². The first-order valence-corrected chi connectivity index (χ1v) is 5.17. The molecule has 0 amide bonds. The van der Waals surface area contributed by atoms with Gasteiger partial charge in [-0.05, 0) is 19.9 Å². The first-order valence-electron chi connectivity index (χ1n) is 5.17. The number of likely N-dealkylation sites (N-methyl/N-ethyl adjacent to an activating group) is 1. The van der Waals surface area contributed by atoms with Gasteiger partial charge in [0.25, 0.3) is 0 Å². The summed E-state index contributed by atoms with van der Waals surface area (Å²) in [6.07, 6.45) is 2.57. The van der Waals surface area contributed by atoms with E-state index in [4.69, 9.17) is 0 Å². The summed E-state index contributed by atoms with van der Waals surface area (Å²) in [6, 6.07) is 0.449. The van der Waals surface area contributed by atoms with Crippen LogP contribution in [0.25, 0.3) is 0 Å². The van der Waals surface area contributed by atoms with Crippen molar-refractivity contribution < 1.29 is 0 Å². The Morgan fingerprint density at radius 2 is 2.14 bits per heavy atom. The van der Waals surface area contributed by atoms with E-state index < -0.39 is 0 Å². The molecule has 0 aliphatic carbocycles. The third-order valence-corrected chi connectivity index (χ3v) is 2.22. The Morgan fingerprint density at radius 3 is 2.71 bits per heavy atom. The minimum absolute atomic E-state index is 0.449. The fraction of sp³-hybridized carbons (Fsp3) is 0.800. The van der Waals surface area contributed by atoms with Gasteiger partial charge >= 0.3 is 0 Å². The number of aromatic nitrogens is 3. The zero-order valence-corrected chi connectivity index (χ0v) is 9.49. The molecule has 1 unspecified atom stereocenters. The van der Waals surface area contributed by atoms with Gasteiger partial charge in [-0.3, -0.25) is 0 Å². The summed E-state index contributed by atoms with van der Waals surface area (Å²) < 4.78 is 2.00. The highest BCUT2D eigenvalue weighted by Gasteiger charge is 2.08. The number of nitrogens with zero attached hydrogens (tertiary/aromatic N) is 3. The number of nitrogens with one attached hydrogen (secondary N) is 1. The lowest BCUT2D eigenvalue weighted by Crippen LogP contribution is -2.26. The van der Waals surface area contributed by atoms with Gasteiger partial charge in [0.15, 0.2) is 0 Å². The molecule has 0 radical (unpaired) electrons. The van der Waals surface area contributed by atoms with Crippen LogP contribution in [0.4, 0.5) is 0 Å². The number of hydrogen-bond donors (Lipinski definition) is 1. The van der Waals surface area contributed by atoms with Crippen LogP contribution in [0, 0.1) is 5.92 Å². The largest absolute Gasteiger partial charge is 0.317 e. The van der Waals surface area contributed by atoms with Crippen LogP contribution < -0.4 is 5.32 Å². The Kier molecular flexibility index (Phi) is 4.07. The van der Waals surface area contributed by atoms with Crippen molar-refractivity contribution in [1.82, 2.24) is 20.1 Å². The molecular weight excluding hydrogens is 176 g/mol. The first kappa shape index (κ1) is 11.2. The number of rotatable bonds is 5. The molecule has 0 saturated heterocycles. The van der Waals surface area contributed by atoms with Crippen LogP contribution in [0.3, 0.4) is 0 Å². The zero-order valence-electron chi connectivity index (χ0n) is 9.49. The topological polar surface area (TPSA) is 42.7 Å². The second kappa shape index (κ2) is 5.10. The molecule has 1 rings (SSSR count). The maximum Gasteiger partial charge on any atom is 0.138 e. The molecule has 0 aromatic carbocycles. The minimum Gasteiger partial charge on any atom is -0.317 e. The molecule has 80 valence electrons.